The Kier molecular flexibility index (Phi) is 18.4. The van der Waals surface area contributed by atoms with Crippen LogP contribution in [0.25, 0.3) is 0 Å². The van der Waals surface area contributed by atoms with Crippen LogP contribution < -0.4 is 29.6 Å². The van der Waals surface area contributed by atoms with Crippen LogP contribution in [0.3, 0.4) is 0 Å². The molecule has 0 bridgehead atoms. The second kappa shape index (κ2) is 15.9. The van der Waals surface area contributed by atoms with Crippen molar-refractivity contribution in [3.63, 3.8) is 0 Å². The third kappa shape index (κ3) is 14.9. The molecule has 7 heteroatoms. The normalized spacial score (nSPS) is 14.4. The molecule has 128 valence electrons. The van der Waals surface area contributed by atoms with E-state index in [9.17, 15) is 13.0 Å². The number of halogens is 1. The summed E-state index contributed by atoms with van der Waals surface area (Å²) >= 11 is 3.30. The molecule has 0 amide bonds. The van der Waals surface area contributed by atoms with E-state index in [2.05, 4.69) is 22.9 Å². The van der Waals surface area contributed by atoms with Gasteiger partial charge in [0.05, 0.1) is 0 Å². The molecule has 0 aliphatic carbocycles. The van der Waals surface area contributed by atoms with E-state index in [0.717, 1.165) is 19.3 Å². The fourth-order valence-electron chi connectivity index (χ4n) is 2.22. The molecule has 0 saturated carbocycles. The Morgan fingerprint density at radius 3 is 1.82 bits per heavy atom. The quantitative estimate of drug-likeness (QED) is 0.190. The van der Waals surface area contributed by atoms with Crippen LogP contribution in [0.5, 0.6) is 0 Å². The first-order valence-electron chi connectivity index (χ1n) is 8.16. The largest absolute Gasteiger partial charge is 1.00 e. The molecule has 22 heavy (non-hydrogen) atoms. The fourth-order valence-corrected chi connectivity index (χ4v) is 3.62. The molecule has 2 atom stereocenters. The van der Waals surface area contributed by atoms with Gasteiger partial charge >= 0.3 is 29.6 Å². The maximum Gasteiger partial charge on any atom is 1.00 e. The van der Waals surface area contributed by atoms with E-state index in [1.54, 1.807) is 6.92 Å². The summed E-state index contributed by atoms with van der Waals surface area (Å²) < 4.78 is 38.0. The zero-order valence-corrected chi connectivity index (χ0v) is 18.8. The molecule has 0 aromatic heterocycles. The SMILES string of the molecule is CCCCCCCCCCCC(Br)OC(CC)S(=O)(=O)[O-].[Na+]. The zero-order valence-electron chi connectivity index (χ0n) is 14.4. The Bertz CT molecular complexity index is 338. The molecule has 4 nitrogen and oxygen atoms in total. The summed E-state index contributed by atoms with van der Waals surface area (Å²) in [4.78, 5) is 0. The number of hydrogen-bond donors (Lipinski definition) is 0. The van der Waals surface area contributed by atoms with Gasteiger partial charge in [0.1, 0.15) is 20.6 Å². The Hall–Kier alpha value is 1.35. The summed E-state index contributed by atoms with van der Waals surface area (Å²) in [6.07, 6.45) is 12.1. The Morgan fingerprint density at radius 2 is 1.41 bits per heavy atom. The van der Waals surface area contributed by atoms with Crippen LogP contribution >= 0.6 is 15.9 Å². The van der Waals surface area contributed by atoms with E-state index < -0.39 is 15.6 Å². The molecule has 0 N–H and O–H groups in total. The molecule has 0 heterocycles. The Morgan fingerprint density at radius 1 is 0.955 bits per heavy atom. The van der Waals surface area contributed by atoms with Crippen molar-refractivity contribution in [3.8, 4) is 0 Å². The van der Waals surface area contributed by atoms with Crippen molar-refractivity contribution in [1.82, 2.24) is 0 Å². The van der Waals surface area contributed by atoms with Gasteiger partial charge in [0, 0.05) is 0 Å². The predicted octanol–water partition coefficient (Wildman–Crippen LogP) is 1.93. The monoisotopic (exact) mass is 408 g/mol. The van der Waals surface area contributed by atoms with E-state index in [4.69, 9.17) is 4.74 Å². The van der Waals surface area contributed by atoms with Gasteiger partial charge in [-0.15, -0.1) is 0 Å². The van der Waals surface area contributed by atoms with Crippen LogP contribution in [0, 0.1) is 0 Å². The molecule has 0 saturated heterocycles. The predicted molar refractivity (Wildman–Crippen MR) is 89.4 cm³/mol. The standard InChI is InChI=1S/C15H31BrO4S.Na/c1-3-5-6-7-8-9-10-11-12-13-14(16)20-15(4-2)21(17,18)19;/h14-15H,3-13H2,1-2H3,(H,17,18,19);/q;+1/p-1. The first kappa shape index (κ1) is 25.6. The minimum absolute atomic E-state index is 0. The van der Waals surface area contributed by atoms with Crippen molar-refractivity contribution < 1.29 is 47.3 Å². The summed E-state index contributed by atoms with van der Waals surface area (Å²) in [6.45, 7) is 3.86. The van der Waals surface area contributed by atoms with Gasteiger partial charge in [0.15, 0.2) is 0 Å². The second-order valence-electron chi connectivity index (χ2n) is 5.49. The number of alkyl halides is 1. The number of rotatable bonds is 14. The van der Waals surface area contributed by atoms with Crippen LogP contribution in [0.2, 0.25) is 0 Å². The number of unbranched alkanes of at least 4 members (excludes halogenated alkanes) is 8. The van der Waals surface area contributed by atoms with Crippen molar-refractivity contribution in [3.05, 3.63) is 0 Å². The molecular formula is C15H30BrNaO4S. The molecule has 2 unspecified atom stereocenters. The molecule has 0 radical (unpaired) electrons. The fraction of sp³-hybridized carbons (Fsp3) is 1.00. The van der Waals surface area contributed by atoms with Gasteiger partial charge in [-0.1, -0.05) is 81.1 Å². The van der Waals surface area contributed by atoms with E-state index in [-0.39, 0.29) is 41.0 Å². The third-order valence-electron chi connectivity index (χ3n) is 3.49. The van der Waals surface area contributed by atoms with Crippen molar-refractivity contribution >= 4 is 26.0 Å². The average Bonchev–Trinajstić information content (AvgIpc) is 2.41. The van der Waals surface area contributed by atoms with Crippen LogP contribution in [0.4, 0.5) is 0 Å². The van der Waals surface area contributed by atoms with Gasteiger partial charge in [-0.05, 0) is 19.3 Å². The average molecular weight is 409 g/mol. The zero-order chi connectivity index (χ0) is 16.1. The van der Waals surface area contributed by atoms with Crippen LogP contribution in [-0.2, 0) is 14.9 Å². The number of ether oxygens (including phenoxy) is 1. The molecular weight excluding hydrogens is 379 g/mol. The first-order valence-corrected chi connectivity index (χ1v) is 10.5. The van der Waals surface area contributed by atoms with Gasteiger partial charge in [0.2, 0.25) is 0 Å². The van der Waals surface area contributed by atoms with Gasteiger partial charge in [0.25, 0.3) is 0 Å². The van der Waals surface area contributed by atoms with E-state index >= 15 is 0 Å². The van der Waals surface area contributed by atoms with Gasteiger partial charge in [-0.2, -0.15) is 0 Å². The summed E-state index contributed by atoms with van der Waals surface area (Å²) in [5.41, 5.74) is -1.24. The minimum Gasteiger partial charge on any atom is -0.746 e. The smallest absolute Gasteiger partial charge is 0.746 e. The van der Waals surface area contributed by atoms with Crippen LogP contribution in [-0.4, -0.2) is 23.4 Å². The maximum absolute atomic E-state index is 10.9. The van der Waals surface area contributed by atoms with Crippen molar-refractivity contribution in [2.24, 2.45) is 0 Å². The first-order chi connectivity index (χ1) is 9.91. The van der Waals surface area contributed by atoms with Crippen molar-refractivity contribution in [2.75, 3.05) is 0 Å². The molecule has 0 aromatic carbocycles. The minimum atomic E-state index is -4.36. The Balaban J connectivity index is 0. The third-order valence-corrected chi connectivity index (χ3v) is 5.25. The van der Waals surface area contributed by atoms with Gasteiger partial charge < -0.3 is 9.29 Å². The van der Waals surface area contributed by atoms with Gasteiger partial charge in [-0.25, -0.2) is 8.42 Å². The number of hydrogen-bond acceptors (Lipinski definition) is 4. The molecule has 0 aromatic rings. The summed E-state index contributed by atoms with van der Waals surface area (Å²) in [7, 11) is -4.36. The Labute approximate surface area is 167 Å². The molecule has 0 aliphatic heterocycles. The molecule has 0 rings (SSSR count). The van der Waals surface area contributed by atoms with Crippen molar-refractivity contribution in [2.45, 2.75) is 94.9 Å². The van der Waals surface area contributed by atoms with E-state index in [0.29, 0.717) is 0 Å². The topological polar surface area (TPSA) is 66.4 Å². The summed E-state index contributed by atoms with van der Waals surface area (Å²) in [6, 6.07) is 0. The van der Waals surface area contributed by atoms with Crippen LogP contribution in [0.15, 0.2) is 0 Å². The van der Waals surface area contributed by atoms with Gasteiger partial charge in [-0.3, -0.25) is 0 Å². The van der Waals surface area contributed by atoms with E-state index in [1.807, 2.05) is 0 Å². The van der Waals surface area contributed by atoms with Crippen LogP contribution in [0.1, 0.15) is 84.5 Å². The molecule has 0 fully saturated rings. The van der Waals surface area contributed by atoms with Crippen molar-refractivity contribution in [1.29, 1.82) is 0 Å². The van der Waals surface area contributed by atoms with E-state index in [1.165, 1.54) is 44.9 Å². The molecule has 0 aliphatic rings. The second-order valence-corrected chi connectivity index (χ2v) is 8.03. The summed E-state index contributed by atoms with van der Waals surface area (Å²) in [5.74, 6) is 0. The molecule has 0 spiro atoms. The maximum atomic E-state index is 10.9. The summed E-state index contributed by atoms with van der Waals surface area (Å²) in [5, 5.41) is -0.351.